The number of hydrogen-bond acceptors (Lipinski definition) is 2. The zero-order valence-corrected chi connectivity index (χ0v) is 7.82. The number of nitrogens with zero attached hydrogens (tertiary/aromatic N) is 1. The molecule has 1 aromatic rings. The fraction of sp³-hybridized carbons (Fsp3) is 0.286. The first kappa shape index (κ1) is 7.95. The number of hydrogen-bond donors (Lipinski definition) is 1. The minimum absolute atomic E-state index is 0.919. The molecular formula is C7H11NS2. The summed E-state index contributed by atoms with van der Waals surface area (Å²) >= 11 is 4.47. The second-order valence-electron chi connectivity index (χ2n) is 2.44. The lowest BCUT2D eigenvalue weighted by atomic mass is 10.5. The largest absolute Gasteiger partial charge is 0.251 e. The highest BCUT2D eigenvalue weighted by atomic mass is 33.1. The Balaban J connectivity index is 2.97. The fourth-order valence-corrected chi connectivity index (χ4v) is 1.70. The average Bonchev–Trinajstić information content (AvgIpc) is 1.88. The van der Waals surface area contributed by atoms with Crippen molar-refractivity contribution in [3.8, 4) is 0 Å². The Labute approximate surface area is 68.0 Å². The summed E-state index contributed by atoms with van der Waals surface area (Å²) in [4.78, 5) is 4.21. The van der Waals surface area contributed by atoms with Gasteiger partial charge < -0.3 is 0 Å². The Hall–Kier alpha value is -0.150. The molecule has 0 unspecified atom stereocenters. The summed E-state index contributed by atoms with van der Waals surface area (Å²) in [7, 11) is -0.919. The molecule has 1 heterocycles. The van der Waals surface area contributed by atoms with Crippen LogP contribution in [0.25, 0.3) is 0 Å². The van der Waals surface area contributed by atoms with Crippen molar-refractivity contribution in [3.05, 3.63) is 24.4 Å². The molecule has 0 N–H and O–H groups in total. The van der Waals surface area contributed by atoms with Crippen LogP contribution in [0.3, 0.4) is 0 Å². The predicted octanol–water partition coefficient (Wildman–Crippen LogP) is 2.35. The molecule has 0 spiro atoms. The maximum Gasteiger partial charge on any atom is 0.0870 e. The lowest BCUT2D eigenvalue weighted by Gasteiger charge is -2.21. The molecule has 0 radical (unpaired) electrons. The van der Waals surface area contributed by atoms with Crippen LogP contribution in [0.4, 0.5) is 0 Å². The third-order valence-electron chi connectivity index (χ3n) is 1.15. The Kier molecular flexibility index (Phi) is 2.26. The van der Waals surface area contributed by atoms with Crippen LogP contribution < -0.4 is 0 Å². The summed E-state index contributed by atoms with van der Waals surface area (Å²) in [5.74, 6) is 0. The minimum atomic E-state index is -0.919. The maximum atomic E-state index is 4.47. The van der Waals surface area contributed by atoms with Gasteiger partial charge in [0, 0.05) is 6.20 Å². The van der Waals surface area contributed by atoms with Crippen LogP contribution in [0.15, 0.2) is 29.4 Å². The SMILES string of the molecule is CS(C)(S)c1ccccn1. The molecule has 0 saturated heterocycles. The van der Waals surface area contributed by atoms with Gasteiger partial charge in [-0.05, 0) is 24.6 Å². The highest BCUT2D eigenvalue weighted by Crippen LogP contribution is 2.51. The van der Waals surface area contributed by atoms with E-state index in [0.29, 0.717) is 0 Å². The van der Waals surface area contributed by atoms with E-state index < -0.39 is 9.06 Å². The van der Waals surface area contributed by atoms with Gasteiger partial charge in [-0.15, -0.1) is 11.7 Å². The van der Waals surface area contributed by atoms with Crippen molar-refractivity contribution in [2.24, 2.45) is 0 Å². The van der Waals surface area contributed by atoms with Gasteiger partial charge in [0.1, 0.15) is 0 Å². The van der Waals surface area contributed by atoms with Crippen molar-refractivity contribution in [3.63, 3.8) is 0 Å². The number of thiol groups is 1. The van der Waals surface area contributed by atoms with Crippen molar-refractivity contribution in [2.75, 3.05) is 12.5 Å². The number of rotatable bonds is 1. The van der Waals surface area contributed by atoms with Gasteiger partial charge in [0.2, 0.25) is 0 Å². The van der Waals surface area contributed by atoms with Gasteiger partial charge in [-0.3, -0.25) is 4.98 Å². The summed E-state index contributed by atoms with van der Waals surface area (Å²) in [6.45, 7) is 0. The summed E-state index contributed by atoms with van der Waals surface area (Å²) in [6.07, 6.45) is 6.02. The van der Waals surface area contributed by atoms with E-state index in [1.165, 1.54) is 0 Å². The Bertz CT molecular complexity index is 203. The molecule has 0 aliphatic carbocycles. The van der Waals surface area contributed by atoms with Gasteiger partial charge in [-0.2, -0.15) is 9.06 Å². The summed E-state index contributed by atoms with van der Waals surface area (Å²) in [5, 5.41) is 1.10. The molecule has 1 rings (SSSR count). The van der Waals surface area contributed by atoms with Crippen molar-refractivity contribution in [2.45, 2.75) is 5.03 Å². The average molecular weight is 173 g/mol. The van der Waals surface area contributed by atoms with E-state index in [-0.39, 0.29) is 0 Å². The van der Waals surface area contributed by atoms with Crippen LogP contribution >= 0.6 is 20.7 Å². The van der Waals surface area contributed by atoms with Gasteiger partial charge in [-0.25, -0.2) is 0 Å². The van der Waals surface area contributed by atoms with Gasteiger partial charge >= 0.3 is 0 Å². The maximum absolute atomic E-state index is 4.47. The van der Waals surface area contributed by atoms with E-state index >= 15 is 0 Å². The Morgan fingerprint density at radius 1 is 1.40 bits per heavy atom. The minimum Gasteiger partial charge on any atom is -0.251 e. The molecule has 3 heteroatoms. The monoisotopic (exact) mass is 173 g/mol. The molecule has 0 bridgehead atoms. The standard InChI is InChI=1S/C7H11NS2/c1-10(2,9)7-5-3-4-6-8-7/h3-6,9H,1-2H3. The second kappa shape index (κ2) is 2.84. The molecule has 0 aromatic carbocycles. The van der Waals surface area contributed by atoms with E-state index in [1.54, 1.807) is 6.20 Å². The van der Waals surface area contributed by atoms with E-state index in [0.717, 1.165) is 5.03 Å². The third kappa shape index (κ3) is 1.92. The van der Waals surface area contributed by atoms with Gasteiger partial charge in [0.05, 0.1) is 5.03 Å². The first-order chi connectivity index (χ1) is 4.61. The molecule has 10 heavy (non-hydrogen) atoms. The summed E-state index contributed by atoms with van der Waals surface area (Å²) in [5.41, 5.74) is 0. The number of pyridine rings is 1. The zero-order chi connectivity index (χ0) is 7.61. The molecular weight excluding hydrogens is 162 g/mol. The first-order valence-corrected chi connectivity index (χ1v) is 6.48. The second-order valence-corrected chi connectivity index (χ2v) is 8.14. The molecule has 0 saturated carbocycles. The van der Waals surface area contributed by atoms with E-state index in [4.69, 9.17) is 0 Å². The van der Waals surface area contributed by atoms with Crippen LogP contribution in [0.5, 0.6) is 0 Å². The normalized spacial score (nSPS) is 13.1. The third-order valence-corrected chi connectivity index (χ3v) is 2.98. The zero-order valence-electron chi connectivity index (χ0n) is 6.11. The Morgan fingerprint density at radius 2 is 2.10 bits per heavy atom. The highest BCUT2D eigenvalue weighted by molar-refractivity contribution is 8.87. The molecule has 1 nitrogen and oxygen atoms in total. The quantitative estimate of drug-likeness (QED) is 0.508. The smallest absolute Gasteiger partial charge is 0.0870 e. The first-order valence-electron chi connectivity index (χ1n) is 2.97. The lowest BCUT2D eigenvalue weighted by molar-refractivity contribution is 1.13. The summed E-state index contributed by atoms with van der Waals surface area (Å²) < 4.78 is 0. The molecule has 0 aliphatic heterocycles. The van der Waals surface area contributed by atoms with E-state index in [2.05, 4.69) is 29.2 Å². The van der Waals surface area contributed by atoms with E-state index in [9.17, 15) is 0 Å². The van der Waals surface area contributed by atoms with Crippen molar-refractivity contribution >= 4 is 20.7 Å². The lowest BCUT2D eigenvalue weighted by Crippen LogP contribution is -1.89. The molecule has 0 aliphatic rings. The molecule has 1 aromatic heterocycles. The van der Waals surface area contributed by atoms with Crippen LogP contribution in [-0.2, 0) is 0 Å². The fourth-order valence-electron chi connectivity index (χ4n) is 0.643. The van der Waals surface area contributed by atoms with Gasteiger partial charge in [0.25, 0.3) is 0 Å². The van der Waals surface area contributed by atoms with Crippen LogP contribution in [0.2, 0.25) is 0 Å². The van der Waals surface area contributed by atoms with E-state index in [1.807, 2.05) is 18.2 Å². The number of aromatic nitrogens is 1. The molecule has 56 valence electrons. The molecule has 0 amide bonds. The Morgan fingerprint density at radius 3 is 2.40 bits per heavy atom. The molecule has 0 fully saturated rings. The van der Waals surface area contributed by atoms with Gasteiger partial charge in [0.15, 0.2) is 0 Å². The highest BCUT2D eigenvalue weighted by Gasteiger charge is 2.08. The van der Waals surface area contributed by atoms with Crippen LogP contribution in [-0.4, -0.2) is 17.5 Å². The van der Waals surface area contributed by atoms with Gasteiger partial charge in [-0.1, -0.05) is 6.07 Å². The topological polar surface area (TPSA) is 12.9 Å². The predicted molar refractivity (Wildman–Crippen MR) is 50.9 cm³/mol. The van der Waals surface area contributed by atoms with Crippen molar-refractivity contribution < 1.29 is 0 Å². The van der Waals surface area contributed by atoms with Crippen LogP contribution in [0.1, 0.15) is 0 Å². The van der Waals surface area contributed by atoms with Crippen molar-refractivity contribution in [1.29, 1.82) is 0 Å². The van der Waals surface area contributed by atoms with Crippen molar-refractivity contribution in [1.82, 2.24) is 4.98 Å². The molecule has 0 atom stereocenters. The summed E-state index contributed by atoms with van der Waals surface area (Å²) in [6, 6.07) is 5.93. The van der Waals surface area contributed by atoms with Crippen LogP contribution in [0, 0.1) is 0 Å².